The van der Waals surface area contributed by atoms with Gasteiger partial charge < -0.3 is 15.1 Å². The van der Waals surface area contributed by atoms with E-state index < -0.39 is 0 Å². The van der Waals surface area contributed by atoms with Gasteiger partial charge in [-0.25, -0.2) is 0 Å². The minimum atomic E-state index is -0.283. The zero-order chi connectivity index (χ0) is 20.1. The summed E-state index contributed by atoms with van der Waals surface area (Å²) in [5.41, 5.74) is 1.22. The molecule has 3 rings (SSSR count). The SMILES string of the molecule is C=CC(=O)Nc1ccc(C(=O)N2CCC(C(=O)N3CCCC(C)C3)CC2)cc1. The predicted molar refractivity (Wildman–Crippen MR) is 109 cm³/mol. The van der Waals surface area contributed by atoms with Gasteiger partial charge in [0.1, 0.15) is 0 Å². The van der Waals surface area contributed by atoms with Crippen molar-refractivity contribution < 1.29 is 14.4 Å². The van der Waals surface area contributed by atoms with Crippen LogP contribution in [0.3, 0.4) is 0 Å². The molecular weight excluding hydrogens is 354 g/mol. The van der Waals surface area contributed by atoms with Crippen molar-refractivity contribution >= 4 is 23.4 Å². The van der Waals surface area contributed by atoms with Crippen LogP contribution in [0, 0.1) is 11.8 Å². The average molecular weight is 383 g/mol. The second-order valence-corrected chi connectivity index (χ2v) is 7.87. The van der Waals surface area contributed by atoms with Crippen LogP contribution in [-0.2, 0) is 9.59 Å². The van der Waals surface area contributed by atoms with Crippen molar-refractivity contribution in [2.45, 2.75) is 32.6 Å². The molecule has 0 radical (unpaired) electrons. The van der Waals surface area contributed by atoms with Crippen LogP contribution in [0.15, 0.2) is 36.9 Å². The summed E-state index contributed by atoms with van der Waals surface area (Å²) < 4.78 is 0. The van der Waals surface area contributed by atoms with E-state index in [0.29, 0.717) is 30.3 Å². The lowest BCUT2D eigenvalue weighted by molar-refractivity contribution is -0.138. The fraction of sp³-hybridized carbons (Fsp3) is 0.500. The van der Waals surface area contributed by atoms with Crippen LogP contribution in [-0.4, -0.2) is 53.7 Å². The number of hydrogen-bond acceptors (Lipinski definition) is 3. The highest BCUT2D eigenvalue weighted by Crippen LogP contribution is 2.24. The molecule has 6 nitrogen and oxygen atoms in total. The highest BCUT2D eigenvalue weighted by molar-refractivity contribution is 5.99. The number of carbonyl (C=O) groups is 3. The van der Waals surface area contributed by atoms with Gasteiger partial charge in [0.2, 0.25) is 11.8 Å². The molecule has 2 aliphatic heterocycles. The lowest BCUT2D eigenvalue weighted by Gasteiger charge is -2.37. The van der Waals surface area contributed by atoms with Gasteiger partial charge >= 0.3 is 0 Å². The first kappa shape index (κ1) is 20.1. The Balaban J connectivity index is 1.52. The highest BCUT2D eigenvalue weighted by atomic mass is 16.2. The zero-order valence-electron chi connectivity index (χ0n) is 16.5. The maximum atomic E-state index is 12.8. The molecule has 28 heavy (non-hydrogen) atoms. The number of nitrogens with one attached hydrogen (secondary N) is 1. The highest BCUT2D eigenvalue weighted by Gasteiger charge is 2.32. The van der Waals surface area contributed by atoms with E-state index in [9.17, 15) is 14.4 Å². The van der Waals surface area contributed by atoms with E-state index in [1.807, 2.05) is 9.80 Å². The van der Waals surface area contributed by atoms with Gasteiger partial charge in [0.15, 0.2) is 0 Å². The summed E-state index contributed by atoms with van der Waals surface area (Å²) in [4.78, 5) is 40.7. The standard InChI is InChI=1S/C22H29N3O3/c1-3-20(26)23-19-8-6-17(7-9-19)21(27)24-13-10-18(11-14-24)22(28)25-12-4-5-16(2)15-25/h3,6-9,16,18H,1,4-5,10-15H2,2H3,(H,23,26). The van der Waals surface area contributed by atoms with Crippen LogP contribution in [0.5, 0.6) is 0 Å². The number of amides is 3. The van der Waals surface area contributed by atoms with Gasteiger partial charge in [-0.15, -0.1) is 0 Å². The Labute approximate surface area is 166 Å². The summed E-state index contributed by atoms with van der Waals surface area (Å²) in [6.45, 7) is 8.57. The molecular formula is C22H29N3O3. The number of rotatable bonds is 4. The molecule has 1 unspecified atom stereocenters. The molecule has 6 heteroatoms. The van der Waals surface area contributed by atoms with Crippen molar-refractivity contribution in [3.63, 3.8) is 0 Å². The van der Waals surface area contributed by atoms with Crippen LogP contribution >= 0.6 is 0 Å². The van der Waals surface area contributed by atoms with Gasteiger partial charge in [-0.05, 0) is 61.9 Å². The molecule has 150 valence electrons. The number of benzene rings is 1. The normalized spacial score (nSPS) is 20.5. The second kappa shape index (κ2) is 9.04. The quantitative estimate of drug-likeness (QED) is 0.813. The Morgan fingerprint density at radius 1 is 1.04 bits per heavy atom. The van der Waals surface area contributed by atoms with E-state index in [2.05, 4.69) is 18.8 Å². The van der Waals surface area contributed by atoms with Crippen molar-refractivity contribution in [1.29, 1.82) is 0 Å². The Morgan fingerprint density at radius 3 is 2.32 bits per heavy atom. The van der Waals surface area contributed by atoms with E-state index in [1.54, 1.807) is 24.3 Å². The van der Waals surface area contributed by atoms with Crippen molar-refractivity contribution in [2.24, 2.45) is 11.8 Å². The minimum Gasteiger partial charge on any atom is -0.342 e. The van der Waals surface area contributed by atoms with Crippen molar-refractivity contribution in [3.05, 3.63) is 42.5 Å². The first-order chi connectivity index (χ1) is 13.5. The third-order valence-corrected chi connectivity index (χ3v) is 5.68. The smallest absolute Gasteiger partial charge is 0.253 e. The second-order valence-electron chi connectivity index (χ2n) is 7.87. The summed E-state index contributed by atoms with van der Waals surface area (Å²) in [5.74, 6) is 0.568. The van der Waals surface area contributed by atoms with Crippen LogP contribution in [0.2, 0.25) is 0 Å². The third-order valence-electron chi connectivity index (χ3n) is 5.68. The third kappa shape index (κ3) is 4.80. The largest absolute Gasteiger partial charge is 0.342 e. The molecule has 1 N–H and O–H groups in total. The minimum absolute atomic E-state index is 0.0286. The van der Waals surface area contributed by atoms with Gasteiger partial charge in [-0.3, -0.25) is 14.4 Å². The van der Waals surface area contributed by atoms with Crippen LogP contribution in [0.4, 0.5) is 5.69 Å². The Morgan fingerprint density at radius 2 is 1.71 bits per heavy atom. The Hall–Kier alpha value is -2.63. The van der Waals surface area contributed by atoms with Gasteiger partial charge in [0.25, 0.3) is 5.91 Å². The van der Waals surface area contributed by atoms with E-state index >= 15 is 0 Å². The molecule has 1 aromatic carbocycles. The summed E-state index contributed by atoms with van der Waals surface area (Å²) in [7, 11) is 0. The van der Waals surface area contributed by atoms with E-state index in [0.717, 1.165) is 32.4 Å². The number of likely N-dealkylation sites (tertiary alicyclic amines) is 2. The monoisotopic (exact) mass is 383 g/mol. The fourth-order valence-electron chi connectivity index (χ4n) is 4.05. The summed E-state index contributed by atoms with van der Waals surface area (Å²) in [5, 5.41) is 2.67. The predicted octanol–water partition coefficient (Wildman–Crippen LogP) is 2.92. The van der Waals surface area contributed by atoms with Gasteiger partial charge in [0.05, 0.1) is 0 Å². The number of hydrogen-bond donors (Lipinski definition) is 1. The first-order valence-corrected chi connectivity index (χ1v) is 10.1. The zero-order valence-corrected chi connectivity index (χ0v) is 16.5. The molecule has 1 atom stereocenters. The number of nitrogens with zero attached hydrogens (tertiary/aromatic N) is 2. The van der Waals surface area contributed by atoms with Gasteiger partial charge in [-0.1, -0.05) is 13.5 Å². The topological polar surface area (TPSA) is 69.7 Å². The molecule has 2 aliphatic rings. The molecule has 0 aliphatic carbocycles. The van der Waals surface area contributed by atoms with Crippen molar-refractivity contribution in [1.82, 2.24) is 9.80 Å². The first-order valence-electron chi connectivity index (χ1n) is 10.1. The molecule has 2 heterocycles. The van der Waals surface area contributed by atoms with Gasteiger partial charge in [0, 0.05) is 43.3 Å². The van der Waals surface area contributed by atoms with Crippen molar-refractivity contribution in [2.75, 3.05) is 31.5 Å². The summed E-state index contributed by atoms with van der Waals surface area (Å²) in [6.07, 6.45) is 4.95. The lowest BCUT2D eigenvalue weighted by atomic mass is 9.92. The molecule has 2 saturated heterocycles. The Bertz CT molecular complexity index is 736. The fourth-order valence-corrected chi connectivity index (χ4v) is 4.05. The van der Waals surface area contributed by atoms with Crippen LogP contribution in [0.25, 0.3) is 0 Å². The maximum Gasteiger partial charge on any atom is 0.253 e. The van der Waals surface area contributed by atoms with Crippen LogP contribution in [0.1, 0.15) is 43.0 Å². The van der Waals surface area contributed by atoms with Gasteiger partial charge in [-0.2, -0.15) is 0 Å². The summed E-state index contributed by atoms with van der Waals surface area (Å²) in [6, 6.07) is 6.85. The molecule has 1 aromatic rings. The Kier molecular flexibility index (Phi) is 6.49. The molecule has 0 aromatic heterocycles. The number of anilines is 1. The van der Waals surface area contributed by atoms with Crippen LogP contribution < -0.4 is 5.32 Å². The average Bonchev–Trinajstić information content (AvgIpc) is 2.73. The summed E-state index contributed by atoms with van der Waals surface area (Å²) >= 11 is 0. The maximum absolute atomic E-state index is 12.8. The van der Waals surface area contributed by atoms with E-state index in [4.69, 9.17) is 0 Å². The number of carbonyl (C=O) groups excluding carboxylic acids is 3. The molecule has 3 amide bonds. The molecule has 2 fully saturated rings. The van der Waals surface area contributed by atoms with E-state index in [-0.39, 0.29) is 23.6 Å². The molecule has 0 spiro atoms. The molecule has 0 bridgehead atoms. The lowest BCUT2D eigenvalue weighted by Crippen LogP contribution is -2.47. The van der Waals surface area contributed by atoms with E-state index in [1.165, 1.54) is 12.5 Å². The number of piperidine rings is 2. The molecule has 0 saturated carbocycles. The van der Waals surface area contributed by atoms with Crippen molar-refractivity contribution in [3.8, 4) is 0 Å².